The van der Waals surface area contributed by atoms with Crippen LogP contribution in [0.2, 0.25) is 4.34 Å². The molecule has 1 atom stereocenters. The minimum atomic E-state index is -0.162. The highest BCUT2D eigenvalue weighted by Crippen LogP contribution is 2.27. The molecule has 1 unspecified atom stereocenters. The molecule has 0 aliphatic rings. The number of imidazole rings is 1. The molecule has 0 aromatic carbocycles. The van der Waals surface area contributed by atoms with Gasteiger partial charge in [-0.3, -0.25) is 0 Å². The Kier molecular flexibility index (Phi) is 3.48. The first-order chi connectivity index (χ1) is 9.15. The fourth-order valence-corrected chi connectivity index (χ4v) is 3.27. The molecule has 0 spiro atoms. The number of alkyl halides is 1. The first-order valence-corrected chi connectivity index (χ1v) is 7.47. The van der Waals surface area contributed by atoms with Gasteiger partial charge in [0.2, 0.25) is 0 Å². The number of aromatic nitrogens is 3. The van der Waals surface area contributed by atoms with Crippen LogP contribution in [0.25, 0.3) is 11.2 Å². The van der Waals surface area contributed by atoms with Crippen LogP contribution in [0.1, 0.15) is 23.0 Å². The SMILES string of the molecule is CC(Cl)c1nc2cccnc2n1Cc1ccc(Cl)s1. The molecular weight excluding hydrogens is 301 g/mol. The molecule has 6 heteroatoms. The van der Waals surface area contributed by atoms with E-state index in [0.29, 0.717) is 6.54 Å². The summed E-state index contributed by atoms with van der Waals surface area (Å²) in [6, 6.07) is 7.75. The number of thiophene rings is 1. The largest absolute Gasteiger partial charge is 0.306 e. The van der Waals surface area contributed by atoms with Gasteiger partial charge in [0, 0.05) is 11.1 Å². The highest BCUT2D eigenvalue weighted by Gasteiger charge is 2.16. The van der Waals surface area contributed by atoms with Gasteiger partial charge in [0.05, 0.1) is 16.3 Å². The first kappa shape index (κ1) is 12.9. The van der Waals surface area contributed by atoms with Crippen LogP contribution in [0, 0.1) is 0 Å². The summed E-state index contributed by atoms with van der Waals surface area (Å²) in [4.78, 5) is 10.1. The number of hydrogen-bond donors (Lipinski definition) is 0. The quantitative estimate of drug-likeness (QED) is 0.667. The Hall–Kier alpha value is -1.10. The van der Waals surface area contributed by atoms with Gasteiger partial charge in [0.25, 0.3) is 0 Å². The molecule has 0 aliphatic carbocycles. The molecule has 3 rings (SSSR count). The molecule has 3 aromatic heterocycles. The predicted octanol–water partition coefficient (Wildman–Crippen LogP) is 4.49. The Bertz CT molecular complexity index is 718. The molecule has 0 aliphatic heterocycles. The van der Waals surface area contributed by atoms with Crippen LogP contribution in [-0.4, -0.2) is 14.5 Å². The van der Waals surface area contributed by atoms with Crippen LogP contribution in [-0.2, 0) is 6.54 Å². The Morgan fingerprint density at radius 2 is 2.21 bits per heavy atom. The second kappa shape index (κ2) is 5.12. The molecule has 0 N–H and O–H groups in total. The van der Waals surface area contributed by atoms with E-state index in [2.05, 4.69) is 14.5 Å². The molecule has 19 heavy (non-hydrogen) atoms. The van der Waals surface area contributed by atoms with Crippen LogP contribution in [0.5, 0.6) is 0 Å². The molecular formula is C13H11Cl2N3S. The highest BCUT2D eigenvalue weighted by molar-refractivity contribution is 7.16. The van der Waals surface area contributed by atoms with Gasteiger partial charge in [-0.15, -0.1) is 22.9 Å². The Morgan fingerprint density at radius 1 is 1.37 bits per heavy atom. The van der Waals surface area contributed by atoms with Crippen LogP contribution in [0.4, 0.5) is 0 Å². The molecule has 98 valence electrons. The van der Waals surface area contributed by atoms with Gasteiger partial charge in [0.15, 0.2) is 5.65 Å². The van der Waals surface area contributed by atoms with E-state index in [1.165, 1.54) is 0 Å². The maximum Gasteiger partial charge on any atom is 0.160 e. The molecule has 0 radical (unpaired) electrons. The molecule has 0 bridgehead atoms. The molecule has 3 nitrogen and oxygen atoms in total. The van der Waals surface area contributed by atoms with E-state index in [0.717, 1.165) is 26.2 Å². The number of halogens is 2. The van der Waals surface area contributed by atoms with Crippen molar-refractivity contribution in [1.29, 1.82) is 0 Å². The standard InChI is InChI=1S/C13H11Cl2N3S/c1-8(14)12-17-10-3-2-6-16-13(10)18(12)7-9-4-5-11(15)19-9/h2-6,8H,7H2,1H3. The van der Waals surface area contributed by atoms with Crippen LogP contribution in [0.15, 0.2) is 30.5 Å². The molecule has 0 amide bonds. The normalized spacial score (nSPS) is 13.0. The van der Waals surface area contributed by atoms with Crippen LogP contribution in [0.3, 0.4) is 0 Å². The lowest BCUT2D eigenvalue weighted by molar-refractivity contribution is 0.744. The van der Waals surface area contributed by atoms with E-state index >= 15 is 0 Å². The van der Waals surface area contributed by atoms with E-state index in [1.54, 1.807) is 17.5 Å². The van der Waals surface area contributed by atoms with Crippen molar-refractivity contribution in [2.45, 2.75) is 18.8 Å². The highest BCUT2D eigenvalue weighted by atomic mass is 35.5. The number of fused-ring (bicyclic) bond motifs is 1. The summed E-state index contributed by atoms with van der Waals surface area (Å²) in [5.41, 5.74) is 1.72. The van der Waals surface area contributed by atoms with E-state index in [9.17, 15) is 0 Å². The lowest BCUT2D eigenvalue weighted by Crippen LogP contribution is -2.05. The van der Waals surface area contributed by atoms with Gasteiger partial charge in [-0.25, -0.2) is 9.97 Å². The number of nitrogens with zero attached hydrogens (tertiary/aromatic N) is 3. The minimum Gasteiger partial charge on any atom is -0.306 e. The van der Waals surface area contributed by atoms with Crippen molar-refractivity contribution in [1.82, 2.24) is 14.5 Å². The molecule has 3 aromatic rings. The third-order valence-corrected chi connectivity index (χ3v) is 4.24. The van der Waals surface area contributed by atoms with Crippen molar-refractivity contribution >= 4 is 45.7 Å². The second-order valence-corrected chi connectivity index (χ2v) is 6.68. The van der Waals surface area contributed by atoms with Gasteiger partial charge < -0.3 is 4.57 Å². The van der Waals surface area contributed by atoms with Crippen molar-refractivity contribution < 1.29 is 0 Å². The van der Waals surface area contributed by atoms with Crippen LogP contribution >= 0.6 is 34.5 Å². The van der Waals surface area contributed by atoms with Gasteiger partial charge >= 0.3 is 0 Å². The lowest BCUT2D eigenvalue weighted by Gasteiger charge is -2.08. The average molecular weight is 312 g/mol. The van der Waals surface area contributed by atoms with Gasteiger partial charge in [-0.2, -0.15) is 0 Å². The number of rotatable bonds is 3. The van der Waals surface area contributed by atoms with Gasteiger partial charge in [0.1, 0.15) is 11.3 Å². The Balaban J connectivity index is 2.12. The second-order valence-electron chi connectivity index (χ2n) is 4.22. The summed E-state index contributed by atoms with van der Waals surface area (Å²) in [5.74, 6) is 0.833. The zero-order valence-corrected chi connectivity index (χ0v) is 12.5. The van der Waals surface area contributed by atoms with Crippen molar-refractivity contribution in [3.63, 3.8) is 0 Å². The Labute approximate surface area is 124 Å². The smallest absolute Gasteiger partial charge is 0.160 e. The fraction of sp³-hybridized carbons (Fsp3) is 0.231. The summed E-state index contributed by atoms with van der Waals surface area (Å²) >= 11 is 13.8. The molecule has 0 fully saturated rings. The zero-order valence-electron chi connectivity index (χ0n) is 10.2. The zero-order chi connectivity index (χ0) is 13.4. The van der Waals surface area contributed by atoms with E-state index in [4.69, 9.17) is 23.2 Å². The summed E-state index contributed by atoms with van der Waals surface area (Å²) in [6.45, 7) is 2.61. The van der Waals surface area contributed by atoms with Crippen molar-refractivity contribution in [3.05, 3.63) is 45.5 Å². The summed E-state index contributed by atoms with van der Waals surface area (Å²) in [6.07, 6.45) is 1.77. The van der Waals surface area contributed by atoms with E-state index in [-0.39, 0.29) is 5.38 Å². The molecule has 0 saturated heterocycles. The monoisotopic (exact) mass is 311 g/mol. The van der Waals surface area contributed by atoms with Crippen molar-refractivity contribution in [3.8, 4) is 0 Å². The van der Waals surface area contributed by atoms with Crippen LogP contribution < -0.4 is 0 Å². The summed E-state index contributed by atoms with van der Waals surface area (Å²) < 4.78 is 2.84. The molecule has 3 heterocycles. The maximum atomic E-state index is 6.22. The molecule has 0 saturated carbocycles. The van der Waals surface area contributed by atoms with Crippen molar-refractivity contribution in [2.24, 2.45) is 0 Å². The van der Waals surface area contributed by atoms with Gasteiger partial charge in [-0.1, -0.05) is 11.6 Å². The average Bonchev–Trinajstić information content (AvgIpc) is 2.95. The van der Waals surface area contributed by atoms with Gasteiger partial charge in [-0.05, 0) is 31.2 Å². The Morgan fingerprint density at radius 3 is 2.89 bits per heavy atom. The minimum absolute atomic E-state index is 0.162. The lowest BCUT2D eigenvalue weighted by atomic mass is 10.4. The maximum absolute atomic E-state index is 6.22. The predicted molar refractivity (Wildman–Crippen MR) is 80.2 cm³/mol. The third-order valence-electron chi connectivity index (χ3n) is 2.83. The number of hydrogen-bond acceptors (Lipinski definition) is 3. The van der Waals surface area contributed by atoms with E-state index < -0.39 is 0 Å². The third kappa shape index (κ3) is 2.48. The topological polar surface area (TPSA) is 30.7 Å². The first-order valence-electron chi connectivity index (χ1n) is 5.84. The van der Waals surface area contributed by atoms with Crippen molar-refractivity contribution in [2.75, 3.05) is 0 Å². The number of pyridine rings is 1. The van der Waals surface area contributed by atoms with E-state index in [1.807, 2.05) is 31.2 Å². The summed E-state index contributed by atoms with van der Waals surface area (Å²) in [5, 5.41) is -0.162. The summed E-state index contributed by atoms with van der Waals surface area (Å²) in [7, 11) is 0. The fourth-order valence-electron chi connectivity index (χ4n) is 2.03.